The van der Waals surface area contributed by atoms with Gasteiger partial charge < -0.3 is 15.2 Å². The van der Waals surface area contributed by atoms with E-state index in [2.05, 4.69) is 10.4 Å². The van der Waals surface area contributed by atoms with E-state index < -0.39 is 0 Å². The van der Waals surface area contributed by atoms with Gasteiger partial charge in [-0.15, -0.1) is 0 Å². The molecule has 1 aromatic heterocycles. The van der Waals surface area contributed by atoms with Crippen LogP contribution in [-0.4, -0.2) is 28.5 Å². The second kappa shape index (κ2) is 6.76. The number of ether oxygens (including phenoxy) is 1. The van der Waals surface area contributed by atoms with Gasteiger partial charge in [0.25, 0.3) is 0 Å². The Morgan fingerprint density at radius 1 is 1.26 bits per heavy atom. The maximum atomic E-state index is 13.4. The Kier molecular flexibility index (Phi) is 4.55. The second-order valence-electron chi connectivity index (χ2n) is 5.20. The molecule has 3 rings (SSSR count). The maximum absolute atomic E-state index is 13.4. The van der Waals surface area contributed by atoms with Crippen molar-refractivity contribution in [2.45, 2.75) is 13.1 Å². The summed E-state index contributed by atoms with van der Waals surface area (Å²) in [4.78, 5) is 0. The number of aliphatic hydroxyl groups is 1. The lowest BCUT2D eigenvalue weighted by Gasteiger charge is -2.11. The largest absolute Gasteiger partial charge is 0.457 e. The lowest BCUT2D eigenvalue weighted by molar-refractivity contribution is 0.271. The predicted octanol–water partition coefficient (Wildman–Crippen LogP) is 2.68. The number of hydrogen-bond donors (Lipinski definition) is 2. The quantitative estimate of drug-likeness (QED) is 0.734. The van der Waals surface area contributed by atoms with Gasteiger partial charge in [-0.05, 0) is 43.4 Å². The van der Waals surface area contributed by atoms with E-state index in [1.54, 1.807) is 24.0 Å². The van der Waals surface area contributed by atoms with E-state index in [0.717, 1.165) is 16.5 Å². The van der Waals surface area contributed by atoms with Crippen LogP contribution in [0.1, 0.15) is 5.56 Å². The van der Waals surface area contributed by atoms with E-state index >= 15 is 0 Å². The zero-order valence-electron chi connectivity index (χ0n) is 12.8. The highest BCUT2D eigenvalue weighted by Gasteiger charge is 2.08. The van der Waals surface area contributed by atoms with Crippen molar-refractivity contribution in [1.29, 1.82) is 0 Å². The fourth-order valence-corrected chi connectivity index (χ4v) is 2.50. The normalized spacial score (nSPS) is 11.1. The zero-order chi connectivity index (χ0) is 16.2. The third-order valence-electron chi connectivity index (χ3n) is 3.54. The van der Waals surface area contributed by atoms with Crippen LogP contribution in [0, 0.1) is 5.82 Å². The van der Waals surface area contributed by atoms with E-state index in [9.17, 15) is 4.39 Å². The number of halogens is 1. The molecule has 1 heterocycles. The van der Waals surface area contributed by atoms with Crippen molar-refractivity contribution in [1.82, 2.24) is 15.1 Å². The number of aliphatic hydroxyl groups excluding tert-OH is 1. The van der Waals surface area contributed by atoms with Gasteiger partial charge in [-0.1, -0.05) is 0 Å². The fourth-order valence-electron chi connectivity index (χ4n) is 2.50. The molecule has 0 aliphatic heterocycles. The minimum absolute atomic E-state index is 0.0397. The smallest absolute Gasteiger partial charge is 0.132 e. The molecule has 0 unspecified atom stereocenters. The Bertz CT molecular complexity index is 817. The Hall–Kier alpha value is -2.44. The van der Waals surface area contributed by atoms with Crippen molar-refractivity contribution < 1.29 is 14.2 Å². The molecule has 0 atom stereocenters. The van der Waals surface area contributed by atoms with E-state index in [-0.39, 0.29) is 12.4 Å². The van der Waals surface area contributed by atoms with Crippen LogP contribution in [0.5, 0.6) is 11.5 Å². The molecule has 0 saturated carbocycles. The average molecular weight is 315 g/mol. The first-order chi connectivity index (χ1) is 11.2. The molecule has 0 aliphatic carbocycles. The Morgan fingerprint density at radius 2 is 2.13 bits per heavy atom. The first kappa shape index (κ1) is 15.5. The molecular weight excluding hydrogens is 297 g/mol. The number of hydrogen-bond acceptors (Lipinski definition) is 4. The minimum Gasteiger partial charge on any atom is -0.457 e. The second-order valence-corrected chi connectivity index (χ2v) is 5.20. The van der Waals surface area contributed by atoms with Crippen LogP contribution in [0.4, 0.5) is 4.39 Å². The van der Waals surface area contributed by atoms with Crippen molar-refractivity contribution in [2.24, 2.45) is 0 Å². The monoisotopic (exact) mass is 315 g/mol. The summed E-state index contributed by atoms with van der Waals surface area (Å²) in [5, 5.41) is 17.2. The molecule has 3 aromatic rings. The minimum atomic E-state index is -0.289. The van der Waals surface area contributed by atoms with Crippen molar-refractivity contribution in [3.05, 3.63) is 54.0 Å². The van der Waals surface area contributed by atoms with Gasteiger partial charge in [0.15, 0.2) is 0 Å². The van der Waals surface area contributed by atoms with E-state index in [0.29, 0.717) is 24.6 Å². The molecular formula is C17H18FN3O2. The van der Waals surface area contributed by atoms with Crippen LogP contribution in [0.15, 0.2) is 42.6 Å². The highest BCUT2D eigenvalue weighted by atomic mass is 19.1. The molecule has 0 fully saturated rings. The van der Waals surface area contributed by atoms with Gasteiger partial charge in [-0.3, -0.25) is 4.68 Å². The number of rotatable bonds is 6. The zero-order valence-corrected chi connectivity index (χ0v) is 12.8. The number of nitrogens with zero attached hydrogens (tertiary/aromatic N) is 2. The van der Waals surface area contributed by atoms with E-state index in [1.165, 1.54) is 12.1 Å². The average Bonchev–Trinajstić information content (AvgIpc) is 2.93. The molecule has 6 heteroatoms. The van der Waals surface area contributed by atoms with Gasteiger partial charge in [0.1, 0.15) is 17.3 Å². The fraction of sp³-hybridized carbons (Fsp3) is 0.235. The SMILES string of the molecule is CNCc1cc(F)ccc1Oc1ccc2c(cnn2CCO)c1. The number of aromatic nitrogens is 2. The molecule has 0 radical (unpaired) electrons. The summed E-state index contributed by atoms with van der Waals surface area (Å²) < 4.78 is 21.0. The topological polar surface area (TPSA) is 59.3 Å². The third kappa shape index (κ3) is 3.33. The maximum Gasteiger partial charge on any atom is 0.132 e. The van der Waals surface area contributed by atoms with Crippen LogP contribution in [0.25, 0.3) is 10.9 Å². The summed E-state index contributed by atoms with van der Waals surface area (Å²) in [5.74, 6) is 0.983. The molecule has 2 aromatic carbocycles. The summed E-state index contributed by atoms with van der Waals surface area (Å²) in [6.45, 7) is 1.01. The van der Waals surface area contributed by atoms with Crippen molar-refractivity contribution in [3.8, 4) is 11.5 Å². The molecule has 0 spiro atoms. The van der Waals surface area contributed by atoms with Crippen LogP contribution < -0.4 is 10.1 Å². The Morgan fingerprint density at radius 3 is 2.91 bits per heavy atom. The lowest BCUT2D eigenvalue weighted by atomic mass is 10.2. The van der Waals surface area contributed by atoms with Gasteiger partial charge in [0, 0.05) is 17.5 Å². The number of benzene rings is 2. The molecule has 0 amide bonds. The third-order valence-corrected chi connectivity index (χ3v) is 3.54. The molecule has 0 aliphatic rings. The van der Waals surface area contributed by atoms with Crippen molar-refractivity contribution in [2.75, 3.05) is 13.7 Å². The summed E-state index contributed by atoms with van der Waals surface area (Å²) >= 11 is 0. The van der Waals surface area contributed by atoms with E-state index in [4.69, 9.17) is 9.84 Å². The van der Waals surface area contributed by atoms with Gasteiger partial charge in [0.05, 0.1) is 24.9 Å². The van der Waals surface area contributed by atoms with Gasteiger partial charge in [0.2, 0.25) is 0 Å². The lowest BCUT2D eigenvalue weighted by Crippen LogP contribution is -2.06. The van der Waals surface area contributed by atoms with Crippen molar-refractivity contribution in [3.63, 3.8) is 0 Å². The summed E-state index contributed by atoms with van der Waals surface area (Å²) in [7, 11) is 1.80. The summed E-state index contributed by atoms with van der Waals surface area (Å²) in [6, 6.07) is 10.1. The van der Waals surface area contributed by atoms with Gasteiger partial charge >= 0.3 is 0 Å². The predicted molar refractivity (Wildman–Crippen MR) is 86.1 cm³/mol. The van der Waals surface area contributed by atoms with Crippen LogP contribution in [-0.2, 0) is 13.1 Å². The van der Waals surface area contributed by atoms with Crippen LogP contribution in [0.2, 0.25) is 0 Å². The molecule has 23 heavy (non-hydrogen) atoms. The summed E-state index contributed by atoms with van der Waals surface area (Å²) in [5.41, 5.74) is 1.68. The Labute approximate surface area is 133 Å². The highest BCUT2D eigenvalue weighted by Crippen LogP contribution is 2.28. The van der Waals surface area contributed by atoms with Crippen LogP contribution >= 0.6 is 0 Å². The molecule has 0 bridgehead atoms. The molecule has 0 saturated heterocycles. The first-order valence-electron chi connectivity index (χ1n) is 7.38. The molecule has 2 N–H and O–H groups in total. The molecule has 120 valence electrons. The van der Waals surface area contributed by atoms with Crippen molar-refractivity contribution >= 4 is 10.9 Å². The standard InChI is InChI=1S/C17H18FN3O2/c1-19-10-13-8-14(18)2-5-17(13)23-15-3-4-16-12(9-15)11-20-21(16)6-7-22/h2-5,8-9,11,19,22H,6-7,10H2,1H3. The highest BCUT2D eigenvalue weighted by molar-refractivity contribution is 5.80. The molecule has 5 nitrogen and oxygen atoms in total. The Balaban J connectivity index is 1.90. The number of fused-ring (bicyclic) bond motifs is 1. The van der Waals surface area contributed by atoms with Gasteiger partial charge in [-0.25, -0.2) is 4.39 Å². The van der Waals surface area contributed by atoms with E-state index in [1.807, 2.05) is 18.2 Å². The summed E-state index contributed by atoms with van der Waals surface area (Å²) in [6.07, 6.45) is 1.73. The van der Waals surface area contributed by atoms with Gasteiger partial charge in [-0.2, -0.15) is 5.10 Å². The van der Waals surface area contributed by atoms with Crippen LogP contribution in [0.3, 0.4) is 0 Å². The number of nitrogens with one attached hydrogen (secondary N) is 1. The first-order valence-corrected chi connectivity index (χ1v) is 7.38.